The molecule has 5 nitrogen and oxygen atoms in total. The van der Waals surface area contributed by atoms with Gasteiger partial charge in [-0.25, -0.2) is 7.46 Å². The summed E-state index contributed by atoms with van der Waals surface area (Å²) in [5.74, 6) is -1.31. The van der Waals surface area contributed by atoms with Gasteiger partial charge in [0, 0.05) is 14.7 Å². The highest BCUT2D eigenvalue weighted by Crippen LogP contribution is 2.54. The Morgan fingerprint density at radius 1 is 0.941 bits per heavy atom. The normalized spacial score (nSPS) is 13.1. The first kappa shape index (κ1) is 28.5. The SMILES string of the molecule is O=IN(O)c1cccc(C(=O)Nc2c(I)cc(C(F)(C(F)(F)F)C(F)(F)F)cc2C(F)(F)F)c1. The Hall–Kier alpha value is -1.77. The summed E-state index contributed by atoms with van der Waals surface area (Å²) in [6.45, 7) is 0. The lowest BCUT2D eigenvalue weighted by molar-refractivity contribution is -0.348. The Bertz CT molecular complexity index is 1090. The molecule has 0 bridgehead atoms. The molecular formula is C17H8F10I2N2O3. The summed E-state index contributed by atoms with van der Waals surface area (Å²) in [7, 11) is 0. The maximum atomic E-state index is 14.3. The highest BCUT2D eigenvalue weighted by Gasteiger charge is 2.73. The van der Waals surface area contributed by atoms with Gasteiger partial charge in [-0.2, -0.15) is 42.8 Å². The maximum absolute atomic E-state index is 14.3. The van der Waals surface area contributed by atoms with Crippen molar-refractivity contribution in [3.05, 3.63) is 56.7 Å². The van der Waals surface area contributed by atoms with Crippen molar-refractivity contribution in [2.75, 3.05) is 8.59 Å². The molecule has 2 aromatic rings. The molecule has 1 amide bonds. The highest BCUT2D eigenvalue weighted by molar-refractivity contribution is 14.1. The van der Waals surface area contributed by atoms with Crippen LogP contribution in [0, 0.1) is 3.57 Å². The molecule has 0 aliphatic carbocycles. The summed E-state index contributed by atoms with van der Waals surface area (Å²) in [6.07, 6.45) is -18.9. The Balaban J connectivity index is 2.66. The van der Waals surface area contributed by atoms with Crippen molar-refractivity contribution in [3.63, 3.8) is 0 Å². The van der Waals surface area contributed by atoms with Crippen molar-refractivity contribution in [1.82, 2.24) is 0 Å². The molecule has 2 N–H and O–H groups in total. The lowest BCUT2D eigenvalue weighted by Gasteiger charge is -2.31. The Labute approximate surface area is 207 Å². The van der Waals surface area contributed by atoms with E-state index in [-0.39, 0.29) is 15.0 Å². The number of benzene rings is 2. The van der Waals surface area contributed by atoms with Gasteiger partial charge in [0.15, 0.2) is 0 Å². The molecule has 0 aliphatic heterocycles. The van der Waals surface area contributed by atoms with Crippen LogP contribution in [0.2, 0.25) is 0 Å². The summed E-state index contributed by atoms with van der Waals surface area (Å²) >= 11 is -1.22. The summed E-state index contributed by atoms with van der Waals surface area (Å²) in [4.78, 5) is 12.4. The molecule has 2 rings (SSSR count). The number of carbonyl (C=O) groups excluding carboxylic acids is 1. The lowest BCUT2D eigenvalue weighted by atomic mass is 9.92. The molecule has 0 aromatic heterocycles. The zero-order valence-electron chi connectivity index (χ0n) is 15.7. The molecular weight excluding hydrogens is 724 g/mol. The van der Waals surface area contributed by atoms with E-state index in [0.717, 1.165) is 40.8 Å². The number of halogens is 12. The third-order valence-electron chi connectivity index (χ3n) is 4.20. The second-order valence-corrected chi connectivity index (χ2v) is 8.84. The minimum Gasteiger partial charge on any atom is -0.320 e. The standard InChI is InChI=1S/C17H8F10I2N2O3/c18-14(16(22,23)24,17(25,26)27)8-5-10(15(19,20)21)12(11(28)6-8)30-13(32)7-2-1-3-9(4-7)31(34)29-33/h1-6,34H,(H,30,32). The zero-order chi connectivity index (χ0) is 26.3. The van der Waals surface area contributed by atoms with Crippen LogP contribution in [0.15, 0.2) is 36.4 Å². The van der Waals surface area contributed by atoms with Gasteiger partial charge < -0.3 is 5.32 Å². The van der Waals surface area contributed by atoms with Gasteiger partial charge in [0.1, 0.15) is 0 Å². The summed E-state index contributed by atoms with van der Waals surface area (Å²) in [5, 5.41) is 11.1. The van der Waals surface area contributed by atoms with E-state index < -0.39 is 83.6 Å². The van der Waals surface area contributed by atoms with E-state index in [1.54, 1.807) is 5.32 Å². The first-order valence-corrected chi connectivity index (χ1v) is 11.2. The number of hydrogen-bond donors (Lipinski definition) is 2. The van der Waals surface area contributed by atoms with E-state index in [0.29, 0.717) is 0 Å². The molecule has 0 atom stereocenters. The monoisotopic (exact) mass is 732 g/mol. The van der Waals surface area contributed by atoms with E-state index in [9.17, 15) is 57.0 Å². The van der Waals surface area contributed by atoms with Crippen molar-refractivity contribution in [2.24, 2.45) is 0 Å². The van der Waals surface area contributed by atoms with Gasteiger partial charge in [-0.15, -0.1) is 0 Å². The number of rotatable bonds is 5. The van der Waals surface area contributed by atoms with Crippen molar-refractivity contribution in [1.29, 1.82) is 0 Å². The first-order valence-electron chi connectivity index (χ1n) is 8.26. The molecule has 188 valence electrons. The third kappa shape index (κ3) is 5.55. The van der Waals surface area contributed by atoms with Crippen molar-refractivity contribution in [2.45, 2.75) is 24.2 Å². The lowest BCUT2D eigenvalue weighted by Crippen LogP contribution is -2.50. The minimum absolute atomic E-state index is 0.111. The Kier molecular flexibility index (Phi) is 8.13. The highest BCUT2D eigenvalue weighted by atomic mass is 127. The van der Waals surface area contributed by atoms with E-state index in [2.05, 4.69) is 0 Å². The predicted octanol–water partition coefficient (Wildman–Crippen LogP) is 7.28. The van der Waals surface area contributed by atoms with E-state index in [1.165, 1.54) is 6.07 Å². The quantitative estimate of drug-likeness (QED) is 0.147. The van der Waals surface area contributed by atoms with Crippen LogP contribution in [-0.2, 0) is 14.9 Å². The molecule has 2 aromatic carbocycles. The summed E-state index contributed by atoms with van der Waals surface area (Å²) < 4.78 is 143. The minimum atomic E-state index is -6.65. The topological polar surface area (TPSA) is 69.6 Å². The number of hydrogen-bond acceptors (Lipinski definition) is 3. The van der Waals surface area contributed by atoms with Crippen LogP contribution in [-0.4, -0.2) is 23.5 Å². The Morgan fingerprint density at radius 3 is 1.97 bits per heavy atom. The van der Waals surface area contributed by atoms with E-state index in [1.807, 2.05) is 0 Å². The van der Waals surface area contributed by atoms with Crippen LogP contribution in [0.4, 0.5) is 55.3 Å². The summed E-state index contributed by atoms with van der Waals surface area (Å²) in [5.41, 5.74) is -12.5. The Morgan fingerprint density at radius 2 is 1.50 bits per heavy atom. The van der Waals surface area contributed by atoms with E-state index >= 15 is 0 Å². The predicted molar refractivity (Wildman–Crippen MR) is 112 cm³/mol. The second-order valence-electron chi connectivity index (χ2n) is 6.37. The number of amides is 1. The molecule has 34 heavy (non-hydrogen) atoms. The van der Waals surface area contributed by atoms with Gasteiger partial charge in [-0.05, 0) is 52.9 Å². The van der Waals surface area contributed by atoms with Crippen LogP contribution < -0.4 is 8.59 Å². The van der Waals surface area contributed by atoms with Crippen LogP contribution in [0.5, 0.6) is 0 Å². The average Bonchev–Trinajstić information content (AvgIpc) is 2.71. The van der Waals surface area contributed by atoms with Gasteiger partial charge in [0.25, 0.3) is 27.4 Å². The largest absolute Gasteiger partial charge is 0.435 e. The van der Waals surface area contributed by atoms with Crippen molar-refractivity contribution in [3.8, 4) is 0 Å². The smallest absolute Gasteiger partial charge is 0.320 e. The fourth-order valence-electron chi connectivity index (χ4n) is 2.63. The molecule has 0 heterocycles. The molecule has 0 aliphatic rings. The van der Waals surface area contributed by atoms with Crippen molar-refractivity contribution < 1.29 is 57.0 Å². The molecule has 0 unspecified atom stereocenters. The fraction of sp³-hybridized carbons (Fsp3) is 0.235. The van der Waals surface area contributed by atoms with Crippen LogP contribution >= 0.6 is 44.1 Å². The van der Waals surface area contributed by atoms with Crippen LogP contribution in [0.3, 0.4) is 0 Å². The molecule has 0 radical (unpaired) electrons. The van der Waals surface area contributed by atoms with Crippen molar-refractivity contribution >= 4 is 61.3 Å². The number of alkyl halides is 10. The van der Waals surface area contributed by atoms with Gasteiger partial charge in [0.2, 0.25) is 0 Å². The number of anilines is 2. The van der Waals surface area contributed by atoms with Gasteiger partial charge >= 0.3 is 24.2 Å². The first-order chi connectivity index (χ1) is 15.3. The third-order valence-corrected chi connectivity index (χ3v) is 5.98. The molecule has 0 spiro atoms. The van der Waals surface area contributed by atoms with Crippen LogP contribution in [0.1, 0.15) is 21.5 Å². The molecule has 0 saturated carbocycles. The van der Waals surface area contributed by atoms with Gasteiger partial charge in [0.05, 0.1) is 16.9 Å². The van der Waals surface area contributed by atoms with Gasteiger partial charge in [-0.3, -0.25) is 10.0 Å². The number of nitrogens with one attached hydrogen (secondary N) is 1. The van der Waals surface area contributed by atoms with Gasteiger partial charge in [-0.1, -0.05) is 6.07 Å². The number of nitrogens with zero attached hydrogens (tertiary/aromatic N) is 1. The van der Waals surface area contributed by atoms with E-state index in [4.69, 9.17) is 0 Å². The fourth-order valence-corrected chi connectivity index (χ4v) is 3.92. The summed E-state index contributed by atoms with van der Waals surface area (Å²) in [6, 6.07) is 3.50. The zero-order valence-corrected chi connectivity index (χ0v) is 20.0. The molecule has 0 saturated heterocycles. The second kappa shape index (κ2) is 9.70. The number of carbonyl (C=O) groups is 1. The van der Waals surface area contributed by atoms with Crippen LogP contribution in [0.25, 0.3) is 0 Å². The average molecular weight is 732 g/mol. The molecule has 17 heteroatoms. The molecule has 0 fully saturated rings. The maximum Gasteiger partial charge on any atom is 0.435 e.